The van der Waals surface area contributed by atoms with Crippen molar-refractivity contribution in [3.8, 4) is 0 Å². The summed E-state index contributed by atoms with van der Waals surface area (Å²) in [5, 5.41) is 12.3. The zero-order chi connectivity index (χ0) is 49.9. The number of carbonyl (C=O) groups excluding carboxylic acids is 1. The summed E-state index contributed by atoms with van der Waals surface area (Å²) in [5.41, 5.74) is 5.80. The normalized spacial score (nSPS) is 23.9. The van der Waals surface area contributed by atoms with Crippen molar-refractivity contribution in [2.45, 2.75) is 101 Å². The van der Waals surface area contributed by atoms with Crippen LogP contribution in [0.4, 0.5) is 0 Å². The number of esters is 1. The van der Waals surface area contributed by atoms with E-state index in [1.807, 2.05) is 188 Å². The molecule has 12 heteroatoms. The Kier molecular flexibility index (Phi) is 19.1. The molecule has 1 N–H and O–H groups in total. The highest BCUT2D eigenvalue weighted by Gasteiger charge is 2.54. The fourth-order valence-corrected chi connectivity index (χ4v) is 8.83. The van der Waals surface area contributed by atoms with Crippen LogP contribution in [0.3, 0.4) is 0 Å². The highest BCUT2D eigenvalue weighted by molar-refractivity contribution is 5.89. The lowest BCUT2D eigenvalue weighted by Crippen LogP contribution is -2.65. The molecule has 0 unspecified atom stereocenters. The zero-order valence-electron chi connectivity index (χ0n) is 40.6. The third kappa shape index (κ3) is 14.9. The Hall–Kier alpha value is -6.39. The third-order valence-corrected chi connectivity index (χ3v) is 12.7. The SMILES string of the molecule is O=C(O[C@H]1[C@H](OCc2ccccc2)[C@@H](OCc2ccccc2)[C@H](O[C@H]2O[C@H](COCc3ccccc3)[C@H](O)[C@H](OCc3ccccc3)[C@H]2OCc2ccccc2)O[C@@H]1COCc1ccccc1)c1ccccc1. The summed E-state index contributed by atoms with van der Waals surface area (Å²) in [6, 6.07) is 67.3. The van der Waals surface area contributed by atoms with Crippen LogP contribution in [0.5, 0.6) is 0 Å². The second-order valence-corrected chi connectivity index (χ2v) is 18.0. The number of carbonyl (C=O) groups is 1. The average molecular weight is 987 g/mol. The van der Waals surface area contributed by atoms with Crippen molar-refractivity contribution in [2.24, 2.45) is 0 Å². The first-order valence-electron chi connectivity index (χ1n) is 24.8. The van der Waals surface area contributed by atoms with Crippen LogP contribution >= 0.6 is 0 Å². The van der Waals surface area contributed by atoms with Crippen molar-refractivity contribution in [2.75, 3.05) is 13.2 Å². The van der Waals surface area contributed by atoms with E-state index in [1.165, 1.54) is 0 Å². The van der Waals surface area contributed by atoms with Crippen molar-refractivity contribution < 1.29 is 57.3 Å². The molecule has 2 aliphatic rings. The fourth-order valence-electron chi connectivity index (χ4n) is 8.83. The smallest absolute Gasteiger partial charge is 0.338 e. The summed E-state index contributed by atoms with van der Waals surface area (Å²) in [5.74, 6) is -0.576. The van der Waals surface area contributed by atoms with E-state index in [0.717, 1.165) is 33.4 Å². The molecule has 7 aromatic carbocycles. The second kappa shape index (κ2) is 27.1. The van der Waals surface area contributed by atoms with E-state index >= 15 is 0 Å². The maximum absolute atomic E-state index is 14.2. The molecule has 0 aromatic heterocycles. The molecule has 0 saturated carbocycles. The van der Waals surface area contributed by atoms with Crippen LogP contribution in [-0.2, 0) is 87.0 Å². The molecule has 0 bridgehead atoms. The zero-order valence-corrected chi connectivity index (χ0v) is 40.6. The molecule has 2 fully saturated rings. The van der Waals surface area contributed by atoms with Crippen molar-refractivity contribution in [1.82, 2.24) is 0 Å². The highest BCUT2D eigenvalue weighted by atomic mass is 16.8. The topological polar surface area (TPSA) is 130 Å². The Labute approximate surface area is 427 Å². The van der Waals surface area contributed by atoms with Crippen molar-refractivity contribution in [3.05, 3.63) is 251 Å². The van der Waals surface area contributed by atoms with Crippen molar-refractivity contribution in [1.29, 1.82) is 0 Å². The lowest BCUT2D eigenvalue weighted by atomic mass is 9.96. The van der Waals surface area contributed by atoms with Gasteiger partial charge in [0, 0.05) is 0 Å². The molecule has 9 rings (SSSR count). The first-order chi connectivity index (χ1) is 36.0. The second-order valence-electron chi connectivity index (χ2n) is 18.0. The van der Waals surface area contributed by atoms with Crippen LogP contribution in [0.15, 0.2) is 212 Å². The molecule has 378 valence electrons. The van der Waals surface area contributed by atoms with Crippen LogP contribution < -0.4 is 0 Å². The maximum Gasteiger partial charge on any atom is 0.338 e. The first kappa shape index (κ1) is 51.5. The van der Waals surface area contributed by atoms with E-state index in [9.17, 15) is 9.90 Å². The van der Waals surface area contributed by atoms with Gasteiger partial charge in [-0.2, -0.15) is 0 Å². The third-order valence-electron chi connectivity index (χ3n) is 12.7. The van der Waals surface area contributed by atoms with E-state index < -0.39 is 67.4 Å². The molecule has 12 nitrogen and oxygen atoms in total. The first-order valence-corrected chi connectivity index (χ1v) is 24.8. The van der Waals surface area contributed by atoms with Crippen LogP contribution in [0.1, 0.15) is 43.7 Å². The quantitative estimate of drug-likeness (QED) is 0.0579. The number of aliphatic hydroxyl groups excluding tert-OH is 1. The lowest BCUT2D eigenvalue weighted by Gasteiger charge is -2.49. The number of aliphatic hydroxyl groups is 1. The van der Waals surface area contributed by atoms with Gasteiger partial charge in [0.25, 0.3) is 0 Å². The van der Waals surface area contributed by atoms with Gasteiger partial charge < -0.3 is 52.5 Å². The van der Waals surface area contributed by atoms with Gasteiger partial charge in [0.2, 0.25) is 0 Å². The number of rotatable bonds is 24. The van der Waals surface area contributed by atoms with Gasteiger partial charge in [-0.25, -0.2) is 4.79 Å². The molecule has 2 saturated heterocycles. The summed E-state index contributed by atoms with van der Waals surface area (Å²) in [6.07, 6.45) is -10.8. The van der Waals surface area contributed by atoms with E-state index in [-0.39, 0.29) is 52.9 Å². The molecule has 10 atom stereocenters. The summed E-state index contributed by atoms with van der Waals surface area (Å²) in [6.45, 7) is 1.02. The standard InChI is InChI=1S/C61H62O12/c62-53-51(42-64-36-44-22-8-1-9-23-44)70-60(57(68-40-48-30-16-5-17-31-48)55(53)66-38-46-26-12-3-13-27-46)73-61-58(69-41-49-32-18-6-19-33-49)56(67-39-47-28-14-4-15-29-47)54(72-59(63)50-34-20-7-21-35-50)52(71-61)43-65-37-45-24-10-2-11-25-45/h1-35,51-58,60-62H,36-43H2/t51-,52-,53+,54-,55+,56+,57-,58-,60-,61+/m1/s1. The minimum atomic E-state index is -1.27. The summed E-state index contributed by atoms with van der Waals surface area (Å²) < 4.78 is 67.5. The molecule has 2 heterocycles. The molecule has 0 spiro atoms. The molecular formula is C61H62O12. The van der Waals surface area contributed by atoms with Gasteiger partial charge in [-0.1, -0.05) is 200 Å². The molecular weight excluding hydrogens is 925 g/mol. The van der Waals surface area contributed by atoms with Crippen LogP contribution in [0, 0.1) is 0 Å². The van der Waals surface area contributed by atoms with Crippen molar-refractivity contribution in [3.63, 3.8) is 0 Å². The fraction of sp³-hybridized carbons (Fsp3) is 0.295. The molecule has 7 aromatic rings. The molecule has 73 heavy (non-hydrogen) atoms. The Bertz CT molecular complexity index is 2630. The van der Waals surface area contributed by atoms with Crippen molar-refractivity contribution >= 4 is 5.97 Å². The molecule has 0 aliphatic carbocycles. The van der Waals surface area contributed by atoms with E-state index in [0.29, 0.717) is 5.56 Å². The Morgan fingerprint density at radius 2 is 0.685 bits per heavy atom. The Morgan fingerprint density at radius 1 is 0.370 bits per heavy atom. The Morgan fingerprint density at radius 3 is 1.10 bits per heavy atom. The van der Waals surface area contributed by atoms with Gasteiger partial charge in [-0.05, 0) is 45.5 Å². The predicted molar refractivity (Wildman–Crippen MR) is 272 cm³/mol. The summed E-state index contributed by atoms with van der Waals surface area (Å²) in [7, 11) is 0. The van der Waals surface area contributed by atoms with E-state index in [1.54, 1.807) is 24.3 Å². The number of benzene rings is 7. The monoisotopic (exact) mass is 986 g/mol. The van der Waals surface area contributed by atoms with Gasteiger partial charge in [-0.3, -0.25) is 0 Å². The van der Waals surface area contributed by atoms with Gasteiger partial charge in [-0.15, -0.1) is 0 Å². The number of ether oxygens (including phenoxy) is 10. The Balaban J connectivity index is 1.09. The van der Waals surface area contributed by atoms with Gasteiger partial charge >= 0.3 is 5.97 Å². The summed E-state index contributed by atoms with van der Waals surface area (Å²) >= 11 is 0. The average Bonchev–Trinajstić information content (AvgIpc) is 3.44. The predicted octanol–water partition coefficient (Wildman–Crippen LogP) is 9.81. The van der Waals surface area contributed by atoms with Gasteiger partial charge in [0.05, 0.1) is 58.4 Å². The van der Waals surface area contributed by atoms with Gasteiger partial charge in [0.15, 0.2) is 18.7 Å². The van der Waals surface area contributed by atoms with E-state index in [2.05, 4.69) is 0 Å². The van der Waals surface area contributed by atoms with Crippen LogP contribution in [0.2, 0.25) is 0 Å². The molecule has 2 aliphatic heterocycles. The van der Waals surface area contributed by atoms with E-state index in [4.69, 9.17) is 47.4 Å². The molecule has 0 radical (unpaired) electrons. The van der Waals surface area contributed by atoms with Crippen LogP contribution in [-0.4, -0.2) is 85.7 Å². The van der Waals surface area contributed by atoms with Gasteiger partial charge in [0.1, 0.15) is 42.7 Å². The minimum Gasteiger partial charge on any atom is -0.453 e. The molecule has 0 amide bonds. The lowest BCUT2D eigenvalue weighted by molar-refractivity contribution is -0.390. The number of hydrogen-bond donors (Lipinski definition) is 1. The maximum atomic E-state index is 14.2. The highest BCUT2D eigenvalue weighted by Crippen LogP contribution is 2.36. The minimum absolute atomic E-state index is 0.0116. The largest absolute Gasteiger partial charge is 0.453 e. The van der Waals surface area contributed by atoms with Crippen LogP contribution in [0.25, 0.3) is 0 Å². The summed E-state index contributed by atoms with van der Waals surface area (Å²) in [4.78, 5) is 14.2. The number of hydrogen-bond acceptors (Lipinski definition) is 12.